The number of methoxy groups -OCH3 is 1. The van der Waals surface area contributed by atoms with E-state index >= 15 is 0 Å². The summed E-state index contributed by atoms with van der Waals surface area (Å²) in [5.41, 5.74) is 0. The zero-order chi connectivity index (χ0) is 15.5. The van der Waals surface area contributed by atoms with Crippen molar-refractivity contribution in [3.05, 3.63) is 28.0 Å². The zero-order valence-corrected chi connectivity index (χ0v) is 12.6. The molecule has 1 amide bonds. The highest BCUT2D eigenvalue weighted by molar-refractivity contribution is 7.14. The largest absolute Gasteiger partial charge is 0.478 e. The third kappa shape index (κ3) is 7.60. The number of carbonyl (C=O) groups excluding carboxylic acids is 1. The lowest BCUT2D eigenvalue weighted by Gasteiger charge is -2.04. The monoisotopic (exact) mass is 313 g/mol. The molecule has 0 bridgehead atoms. The number of hydrogen-bond donors (Lipinski definition) is 2. The molecule has 0 saturated heterocycles. The smallest absolute Gasteiger partial charge is 0.328 e. The molecule has 1 aromatic heterocycles. The first-order chi connectivity index (χ1) is 10.1. The van der Waals surface area contributed by atoms with Crippen LogP contribution in [0.2, 0.25) is 0 Å². The molecule has 1 heterocycles. The van der Waals surface area contributed by atoms with Crippen LogP contribution < -0.4 is 5.32 Å². The van der Waals surface area contributed by atoms with Crippen LogP contribution in [0.1, 0.15) is 21.0 Å². The Kier molecular flexibility index (Phi) is 8.34. The normalized spacial score (nSPS) is 10.9. The molecule has 1 aromatic rings. The maximum Gasteiger partial charge on any atom is 0.328 e. The summed E-state index contributed by atoms with van der Waals surface area (Å²) in [6.45, 7) is 2.22. The SMILES string of the molecule is COCCOCCCNC(=O)c1ccc(/C=C/C(=O)O)s1. The molecule has 0 aromatic carbocycles. The summed E-state index contributed by atoms with van der Waals surface area (Å²) < 4.78 is 10.1. The van der Waals surface area contributed by atoms with Gasteiger partial charge >= 0.3 is 5.97 Å². The van der Waals surface area contributed by atoms with Gasteiger partial charge < -0.3 is 19.9 Å². The lowest BCUT2D eigenvalue weighted by atomic mass is 10.3. The molecule has 0 saturated carbocycles. The fourth-order valence-electron chi connectivity index (χ4n) is 1.43. The van der Waals surface area contributed by atoms with E-state index < -0.39 is 5.97 Å². The first-order valence-corrected chi connectivity index (χ1v) is 7.31. The van der Waals surface area contributed by atoms with E-state index in [4.69, 9.17) is 14.6 Å². The van der Waals surface area contributed by atoms with Crippen LogP contribution in [0.5, 0.6) is 0 Å². The van der Waals surface area contributed by atoms with Crippen molar-refractivity contribution < 1.29 is 24.2 Å². The van der Waals surface area contributed by atoms with Gasteiger partial charge in [-0.1, -0.05) is 0 Å². The second kappa shape index (κ2) is 10.1. The van der Waals surface area contributed by atoms with E-state index in [0.717, 1.165) is 17.4 Å². The van der Waals surface area contributed by atoms with Gasteiger partial charge in [0.25, 0.3) is 5.91 Å². The number of rotatable bonds is 10. The Labute approximate surface area is 127 Å². The minimum Gasteiger partial charge on any atom is -0.478 e. The van der Waals surface area contributed by atoms with Gasteiger partial charge in [-0.2, -0.15) is 0 Å². The summed E-state index contributed by atoms with van der Waals surface area (Å²) in [4.78, 5) is 23.5. The number of carbonyl (C=O) groups is 2. The van der Waals surface area contributed by atoms with Crippen LogP contribution >= 0.6 is 11.3 Å². The van der Waals surface area contributed by atoms with Crippen LogP contribution in [0.4, 0.5) is 0 Å². The summed E-state index contributed by atoms with van der Waals surface area (Å²) in [7, 11) is 1.62. The standard InChI is InChI=1S/C14H19NO5S/c1-19-9-10-20-8-2-7-15-14(18)12-5-3-11(21-12)4-6-13(16)17/h3-6H,2,7-10H2,1H3,(H,15,18)(H,16,17)/b6-4+. The Bertz CT molecular complexity index is 483. The lowest BCUT2D eigenvalue weighted by Crippen LogP contribution is -2.24. The minimum absolute atomic E-state index is 0.160. The molecular weight excluding hydrogens is 294 g/mol. The second-order valence-electron chi connectivity index (χ2n) is 4.09. The Hall–Kier alpha value is -1.70. The van der Waals surface area contributed by atoms with Gasteiger partial charge in [0.05, 0.1) is 18.1 Å². The van der Waals surface area contributed by atoms with Gasteiger partial charge in [-0.15, -0.1) is 11.3 Å². The van der Waals surface area contributed by atoms with Crippen molar-refractivity contribution in [3.8, 4) is 0 Å². The quantitative estimate of drug-likeness (QED) is 0.506. The highest BCUT2D eigenvalue weighted by Crippen LogP contribution is 2.17. The third-order valence-electron chi connectivity index (χ3n) is 2.42. The van der Waals surface area contributed by atoms with Crippen LogP contribution in [0.15, 0.2) is 18.2 Å². The van der Waals surface area contributed by atoms with E-state index in [0.29, 0.717) is 31.2 Å². The van der Waals surface area contributed by atoms with Crippen LogP contribution in [0.25, 0.3) is 6.08 Å². The molecule has 7 heteroatoms. The van der Waals surface area contributed by atoms with Crippen molar-refractivity contribution in [3.63, 3.8) is 0 Å². The fraction of sp³-hybridized carbons (Fsp3) is 0.429. The lowest BCUT2D eigenvalue weighted by molar-refractivity contribution is -0.131. The molecule has 6 nitrogen and oxygen atoms in total. The van der Waals surface area contributed by atoms with Gasteiger partial charge in [-0.25, -0.2) is 4.79 Å². The van der Waals surface area contributed by atoms with Crippen molar-refractivity contribution in [2.45, 2.75) is 6.42 Å². The Morgan fingerprint density at radius 2 is 2.14 bits per heavy atom. The number of carboxylic acids is 1. The molecule has 0 fully saturated rings. The van der Waals surface area contributed by atoms with Crippen LogP contribution in [-0.4, -0.2) is 50.5 Å². The second-order valence-corrected chi connectivity index (χ2v) is 5.20. The molecule has 0 spiro atoms. The first kappa shape index (κ1) is 17.4. The average molecular weight is 313 g/mol. The molecule has 21 heavy (non-hydrogen) atoms. The molecule has 0 unspecified atom stereocenters. The molecular formula is C14H19NO5S. The van der Waals surface area contributed by atoms with E-state index in [1.807, 2.05) is 0 Å². The molecule has 0 atom stereocenters. The van der Waals surface area contributed by atoms with Crippen molar-refractivity contribution in [1.82, 2.24) is 5.32 Å². The molecule has 0 radical (unpaired) electrons. The summed E-state index contributed by atoms with van der Waals surface area (Å²) >= 11 is 1.25. The van der Waals surface area contributed by atoms with E-state index in [2.05, 4.69) is 5.32 Å². The number of aliphatic carboxylic acids is 1. The van der Waals surface area contributed by atoms with E-state index in [1.165, 1.54) is 17.4 Å². The molecule has 0 aliphatic rings. The summed E-state index contributed by atoms with van der Waals surface area (Å²) in [6.07, 6.45) is 3.24. The summed E-state index contributed by atoms with van der Waals surface area (Å²) in [5.74, 6) is -1.17. The number of ether oxygens (including phenoxy) is 2. The summed E-state index contributed by atoms with van der Waals surface area (Å²) in [5, 5.41) is 11.3. The Morgan fingerprint density at radius 1 is 1.33 bits per heavy atom. The van der Waals surface area contributed by atoms with Crippen LogP contribution in [0.3, 0.4) is 0 Å². The van der Waals surface area contributed by atoms with Gasteiger partial charge in [0.1, 0.15) is 0 Å². The van der Waals surface area contributed by atoms with Gasteiger partial charge in [0.2, 0.25) is 0 Å². The van der Waals surface area contributed by atoms with Gasteiger partial charge in [-0.05, 0) is 24.6 Å². The van der Waals surface area contributed by atoms with E-state index in [9.17, 15) is 9.59 Å². The summed E-state index contributed by atoms with van der Waals surface area (Å²) in [6, 6.07) is 3.39. The van der Waals surface area contributed by atoms with Crippen LogP contribution in [0, 0.1) is 0 Å². The first-order valence-electron chi connectivity index (χ1n) is 6.49. The predicted octanol–water partition coefficient (Wildman–Crippen LogP) is 1.63. The van der Waals surface area contributed by atoms with Gasteiger partial charge in [0, 0.05) is 31.2 Å². The van der Waals surface area contributed by atoms with E-state index in [1.54, 1.807) is 19.2 Å². The van der Waals surface area contributed by atoms with Crippen LogP contribution in [-0.2, 0) is 14.3 Å². The number of hydrogen-bond acceptors (Lipinski definition) is 5. The van der Waals surface area contributed by atoms with Gasteiger partial charge in [0.15, 0.2) is 0 Å². The average Bonchev–Trinajstić information content (AvgIpc) is 2.93. The number of thiophene rings is 1. The predicted molar refractivity (Wildman–Crippen MR) is 80.6 cm³/mol. The zero-order valence-electron chi connectivity index (χ0n) is 11.8. The number of carboxylic acid groups (broad SMARTS) is 1. The third-order valence-corrected chi connectivity index (χ3v) is 3.47. The molecule has 2 N–H and O–H groups in total. The Morgan fingerprint density at radius 3 is 2.86 bits per heavy atom. The topological polar surface area (TPSA) is 84.9 Å². The van der Waals surface area contributed by atoms with Crippen molar-refractivity contribution in [1.29, 1.82) is 0 Å². The highest BCUT2D eigenvalue weighted by atomic mass is 32.1. The number of nitrogens with one attached hydrogen (secondary N) is 1. The van der Waals surface area contributed by atoms with E-state index in [-0.39, 0.29) is 5.91 Å². The fourth-order valence-corrected chi connectivity index (χ4v) is 2.25. The molecule has 1 rings (SSSR count). The molecule has 116 valence electrons. The van der Waals surface area contributed by atoms with Crippen molar-refractivity contribution >= 4 is 29.3 Å². The molecule has 0 aliphatic heterocycles. The van der Waals surface area contributed by atoms with Crippen molar-refractivity contribution in [2.75, 3.05) is 33.5 Å². The highest BCUT2D eigenvalue weighted by Gasteiger charge is 2.07. The Balaban J connectivity index is 2.24. The van der Waals surface area contributed by atoms with Crippen molar-refractivity contribution in [2.24, 2.45) is 0 Å². The van der Waals surface area contributed by atoms with Gasteiger partial charge in [-0.3, -0.25) is 4.79 Å². The molecule has 0 aliphatic carbocycles. The minimum atomic E-state index is -1.01. The number of amides is 1. The maximum atomic E-state index is 11.8. The maximum absolute atomic E-state index is 11.8.